The van der Waals surface area contributed by atoms with E-state index >= 15 is 0 Å². The molecule has 0 unspecified atom stereocenters. The lowest BCUT2D eigenvalue weighted by Crippen LogP contribution is -2.24. The molecule has 1 heterocycles. The minimum absolute atomic E-state index is 0.209. The molecule has 1 aromatic carbocycles. The van der Waals surface area contributed by atoms with E-state index in [0.29, 0.717) is 12.2 Å². The summed E-state index contributed by atoms with van der Waals surface area (Å²) in [7, 11) is 0. The molecule has 0 aliphatic heterocycles. The summed E-state index contributed by atoms with van der Waals surface area (Å²) in [6.07, 6.45) is 0. The first-order valence-corrected chi connectivity index (χ1v) is 6.66. The van der Waals surface area contributed by atoms with Gasteiger partial charge in [0.25, 0.3) is 5.91 Å². The maximum Gasteiger partial charge on any atom is 0.274 e. The van der Waals surface area contributed by atoms with Gasteiger partial charge in [0.15, 0.2) is 5.69 Å². The van der Waals surface area contributed by atoms with Gasteiger partial charge < -0.3 is 11.1 Å². The summed E-state index contributed by atoms with van der Waals surface area (Å²) in [4.78, 5) is 12.1. The molecule has 2 aromatic rings. The minimum Gasteiger partial charge on any atom is -0.395 e. The number of hydrogen-bond donors (Lipinski definition) is 3. The van der Waals surface area contributed by atoms with Gasteiger partial charge in [-0.05, 0) is 18.4 Å². The number of H-pyrrole nitrogens is 1. The molecule has 0 radical (unpaired) electrons. The van der Waals surface area contributed by atoms with E-state index < -0.39 is 0 Å². The molecule has 20 heavy (non-hydrogen) atoms. The minimum atomic E-state index is -0.258. The maximum absolute atomic E-state index is 12.1. The Morgan fingerprint density at radius 3 is 2.55 bits per heavy atom. The maximum atomic E-state index is 12.1. The van der Waals surface area contributed by atoms with Gasteiger partial charge in [0.2, 0.25) is 0 Å². The van der Waals surface area contributed by atoms with Gasteiger partial charge in [-0.1, -0.05) is 43.7 Å². The highest BCUT2D eigenvalue weighted by molar-refractivity contribution is 5.97. The number of carbonyl (C=O) groups is 1. The van der Waals surface area contributed by atoms with E-state index in [2.05, 4.69) is 15.5 Å². The molecule has 0 bridgehead atoms. The van der Waals surface area contributed by atoms with Crippen molar-refractivity contribution in [1.82, 2.24) is 15.5 Å². The molecular formula is C15H20N4O. The van der Waals surface area contributed by atoms with Crippen molar-refractivity contribution in [3.63, 3.8) is 0 Å². The zero-order valence-corrected chi connectivity index (χ0v) is 12.0. The SMILES string of the molecule is Cc1ccc(CNC(=O)c2n[nH]c(C(C)C)c2N)cc1. The molecular weight excluding hydrogens is 252 g/mol. The van der Waals surface area contributed by atoms with Crippen molar-refractivity contribution in [2.45, 2.75) is 33.2 Å². The average Bonchev–Trinajstić information content (AvgIpc) is 2.80. The van der Waals surface area contributed by atoms with E-state index in [9.17, 15) is 4.79 Å². The van der Waals surface area contributed by atoms with Gasteiger partial charge in [0.1, 0.15) is 0 Å². The molecule has 2 rings (SSSR count). The van der Waals surface area contributed by atoms with Crippen LogP contribution in [0.15, 0.2) is 24.3 Å². The molecule has 5 nitrogen and oxygen atoms in total. The summed E-state index contributed by atoms with van der Waals surface area (Å²) in [6.45, 7) is 6.48. The number of nitrogens with two attached hydrogens (primary N) is 1. The van der Waals surface area contributed by atoms with Crippen molar-refractivity contribution in [3.05, 3.63) is 46.8 Å². The van der Waals surface area contributed by atoms with E-state index in [1.807, 2.05) is 45.0 Å². The Kier molecular flexibility index (Phi) is 4.08. The smallest absolute Gasteiger partial charge is 0.274 e. The van der Waals surface area contributed by atoms with Gasteiger partial charge in [0.05, 0.1) is 11.4 Å². The average molecular weight is 272 g/mol. The number of anilines is 1. The number of benzene rings is 1. The second-order valence-corrected chi connectivity index (χ2v) is 5.22. The van der Waals surface area contributed by atoms with Crippen LogP contribution in [-0.4, -0.2) is 16.1 Å². The number of aryl methyl sites for hydroxylation is 1. The number of amides is 1. The van der Waals surface area contributed by atoms with Crippen LogP contribution in [0.1, 0.15) is 47.1 Å². The number of aromatic amines is 1. The van der Waals surface area contributed by atoms with Gasteiger partial charge >= 0.3 is 0 Å². The van der Waals surface area contributed by atoms with Crippen molar-refractivity contribution in [2.75, 3.05) is 5.73 Å². The summed E-state index contributed by atoms with van der Waals surface area (Å²) in [5.41, 5.74) is 9.67. The first-order chi connectivity index (χ1) is 9.49. The van der Waals surface area contributed by atoms with Crippen LogP contribution in [-0.2, 0) is 6.54 Å². The molecule has 0 atom stereocenters. The third-order valence-electron chi connectivity index (χ3n) is 3.20. The van der Waals surface area contributed by atoms with Crippen LogP contribution in [0.4, 0.5) is 5.69 Å². The molecule has 4 N–H and O–H groups in total. The van der Waals surface area contributed by atoms with Crippen LogP contribution >= 0.6 is 0 Å². The first kappa shape index (κ1) is 14.1. The second kappa shape index (κ2) is 5.77. The Balaban J connectivity index is 2.03. The summed E-state index contributed by atoms with van der Waals surface area (Å²) < 4.78 is 0. The quantitative estimate of drug-likeness (QED) is 0.798. The normalized spacial score (nSPS) is 10.8. The van der Waals surface area contributed by atoms with Crippen molar-refractivity contribution in [1.29, 1.82) is 0 Å². The van der Waals surface area contributed by atoms with Crippen molar-refractivity contribution >= 4 is 11.6 Å². The predicted molar refractivity (Wildman–Crippen MR) is 79.4 cm³/mol. The summed E-state index contributed by atoms with van der Waals surface area (Å²) in [5, 5.41) is 9.65. The molecule has 5 heteroatoms. The number of carbonyl (C=O) groups excluding carboxylic acids is 1. The van der Waals surface area contributed by atoms with E-state index in [1.165, 1.54) is 5.56 Å². The molecule has 0 saturated heterocycles. The Bertz CT molecular complexity index is 599. The van der Waals surface area contributed by atoms with Crippen LogP contribution in [0.2, 0.25) is 0 Å². The highest BCUT2D eigenvalue weighted by Crippen LogP contribution is 2.21. The third-order valence-corrected chi connectivity index (χ3v) is 3.20. The second-order valence-electron chi connectivity index (χ2n) is 5.22. The zero-order valence-electron chi connectivity index (χ0n) is 12.0. The van der Waals surface area contributed by atoms with E-state index in [0.717, 1.165) is 11.3 Å². The van der Waals surface area contributed by atoms with Crippen molar-refractivity contribution in [2.24, 2.45) is 0 Å². The molecule has 0 aliphatic carbocycles. The van der Waals surface area contributed by atoms with Gasteiger partial charge in [-0.25, -0.2) is 0 Å². The summed E-state index contributed by atoms with van der Waals surface area (Å²) >= 11 is 0. The predicted octanol–water partition coefficient (Wildman–Crippen LogP) is 2.35. The largest absolute Gasteiger partial charge is 0.395 e. The van der Waals surface area contributed by atoms with Crippen molar-refractivity contribution in [3.8, 4) is 0 Å². The highest BCUT2D eigenvalue weighted by Gasteiger charge is 2.18. The standard InChI is InChI=1S/C15H20N4O/c1-9(2)13-12(16)14(19-18-13)15(20)17-8-11-6-4-10(3)5-7-11/h4-7,9H,8,16H2,1-3H3,(H,17,20)(H,18,19). The molecule has 0 spiro atoms. The highest BCUT2D eigenvalue weighted by atomic mass is 16.1. The van der Waals surface area contributed by atoms with E-state index in [4.69, 9.17) is 5.73 Å². The Labute approximate surface area is 118 Å². The van der Waals surface area contributed by atoms with Crippen molar-refractivity contribution < 1.29 is 4.79 Å². The molecule has 1 aromatic heterocycles. The van der Waals surface area contributed by atoms with Crippen LogP contribution in [0.5, 0.6) is 0 Å². The number of nitrogen functional groups attached to an aromatic ring is 1. The monoisotopic (exact) mass is 272 g/mol. The number of rotatable bonds is 4. The Morgan fingerprint density at radius 2 is 2.00 bits per heavy atom. The fourth-order valence-corrected chi connectivity index (χ4v) is 1.95. The first-order valence-electron chi connectivity index (χ1n) is 6.66. The van der Waals surface area contributed by atoms with Gasteiger partial charge in [-0.15, -0.1) is 0 Å². The summed E-state index contributed by atoms with van der Waals surface area (Å²) in [6, 6.07) is 8.01. The molecule has 0 fully saturated rings. The molecule has 0 aliphatic rings. The van der Waals surface area contributed by atoms with Crippen LogP contribution in [0.25, 0.3) is 0 Å². The lowest BCUT2D eigenvalue weighted by molar-refractivity contribution is 0.0947. The van der Waals surface area contributed by atoms with Gasteiger partial charge in [0, 0.05) is 6.54 Å². The summed E-state index contributed by atoms with van der Waals surface area (Å²) in [5.74, 6) is -0.0487. The van der Waals surface area contributed by atoms with Crippen LogP contribution in [0.3, 0.4) is 0 Å². The van der Waals surface area contributed by atoms with Gasteiger partial charge in [-0.2, -0.15) is 5.10 Å². The lowest BCUT2D eigenvalue weighted by Gasteiger charge is -2.05. The number of aromatic nitrogens is 2. The topological polar surface area (TPSA) is 83.8 Å². The third kappa shape index (κ3) is 2.99. The molecule has 1 amide bonds. The van der Waals surface area contributed by atoms with Crippen LogP contribution < -0.4 is 11.1 Å². The van der Waals surface area contributed by atoms with Crippen LogP contribution in [0, 0.1) is 6.92 Å². The molecule has 106 valence electrons. The number of nitrogens with zero attached hydrogens (tertiary/aromatic N) is 1. The number of hydrogen-bond acceptors (Lipinski definition) is 3. The molecule has 0 saturated carbocycles. The number of nitrogens with one attached hydrogen (secondary N) is 2. The zero-order chi connectivity index (χ0) is 14.7. The van der Waals surface area contributed by atoms with E-state index in [-0.39, 0.29) is 17.5 Å². The lowest BCUT2D eigenvalue weighted by atomic mass is 10.1. The van der Waals surface area contributed by atoms with E-state index in [1.54, 1.807) is 0 Å². The fraction of sp³-hybridized carbons (Fsp3) is 0.333. The van der Waals surface area contributed by atoms with Gasteiger partial charge in [-0.3, -0.25) is 9.89 Å². The Hall–Kier alpha value is -2.30. The Morgan fingerprint density at radius 1 is 1.35 bits per heavy atom. The fourth-order valence-electron chi connectivity index (χ4n) is 1.95.